The smallest absolute Gasteiger partial charge is 0.320 e. The second-order valence-corrected chi connectivity index (χ2v) is 7.00. The molecular formula is C25H21N5O4. The number of rotatable bonds is 7. The summed E-state index contributed by atoms with van der Waals surface area (Å²) in [6, 6.07) is 24.0. The van der Waals surface area contributed by atoms with Gasteiger partial charge in [0.05, 0.1) is 5.56 Å². The molecule has 3 aromatic heterocycles. The molecular weight excluding hydrogens is 434 g/mol. The Labute approximate surface area is 195 Å². The first-order valence-electron chi connectivity index (χ1n) is 10.3. The van der Waals surface area contributed by atoms with Crippen molar-refractivity contribution in [2.45, 2.75) is 13.2 Å². The summed E-state index contributed by atoms with van der Waals surface area (Å²) in [5.74, 6) is 0.450. The van der Waals surface area contributed by atoms with Gasteiger partial charge in [0.2, 0.25) is 5.88 Å². The minimum atomic E-state index is -0.250. The molecule has 0 unspecified atom stereocenters. The number of ether oxygens (including phenoxy) is 2. The summed E-state index contributed by atoms with van der Waals surface area (Å²) < 4.78 is 13.6. The second-order valence-electron chi connectivity index (χ2n) is 7.00. The fraction of sp³-hybridized carbons (Fsp3) is 0.0800. The molecule has 9 nitrogen and oxygen atoms in total. The number of carbonyl (C=O) groups is 1. The van der Waals surface area contributed by atoms with E-state index in [2.05, 4.69) is 20.1 Å². The lowest BCUT2D eigenvalue weighted by molar-refractivity contribution is -0.122. The van der Waals surface area contributed by atoms with Crippen molar-refractivity contribution in [2.24, 2.45) is 0 Å². The van der Waals surface area contributed by atoms with E-state index in [-0.39, 0.29) is 12.5 Å². The molecule has 9 heteroatoms. The van der Waals surface area contributed by atoms with E-state index < -0.39 is 0 Å². The molecule has 0 fully saturated rings. The maximum atomic E-state index is 8.36. The number of benzene rings is 2. The molecule has 0 aliphatic heterocycles. The number of nitrogens with zero attached hydrogens (tertiary/aromatic N) is 5. The predicted octanol–water partition coefficient (Wildman–Crippen LogP) is 4.05. The summed E-state index contributed by atoms with van der Waals surface area (Å²) >= 11 is 0. The number of fused-ring (bicyclic) bond motifs is 1. The second kappa shape index (κ2) is 11.2. The molecule has 0 radical (unpaired) electrons. The zero-order chi connectivity index (χ0) is 23.6. The number of aromatic nitrogens is 5. The monoisotopic (exact) mass is 455 g/mol. The van der Waals surface area contributed by atoms with Crippen LogP contribution >= 0.6 is 0 Å². The average molecular weight is 455 g/mol. The Morgan fingerprint density at radius 1 is 0.882 bits per heavy atom. The standard InChI is InChI=1S/C24H19N5O2.CH2O2/c1-3-7-18(8-4-1)15-30-23-21(20-11-12-29-22(13-20)26-17-27-29)14-25-24(28-23)31-16-19-9-5-2-6-10-19;2-1-3/h1-14,17H,15-16H2;1H,(H,2,3). The lowest BCUT2D eigenvalue weighted by atomic mass is 10.1. The summed E-state index contributed by atoms with van der Waals surface area (Å²) in [5.41, 5.74) is 4.47. The Bertz CT molecular complexity index is 1340. The fourth-order valence-corrected chi connectivity index (χ4v) is 3.16. The first-order chi connectivity index (χ1) is 16.8. The minimum Gasteiger partial charge on any atom is -0.483 e. The van der Waals surface area contributed by atoms with Crippen LogP contribution in [0.3, 0.4) is 0 Å². The first-order valence-corrected chi connectivity index (χ1v) is 10.3. The van der Waals surface area contributed by atoms with E-state index in [1.807, 2.05) is 79.0 Å². The van der Waals surface area contributed by atoms with Gasteiger partial charge >= 0.3 is 6.01 Å². The van der Waals surface area contributed by atoms with Gasteiger partial charge in [-0.3, -0.25) is 4.79 Å². The van der Waals surface area contributed by atoms with Crippen LogP contribution in [0, 0.1) is 0 Å². The molecule has 0 amide bonds. The Morgan fingerprint density at radius 2 is 1.53 bits per heavy atom. The molecule has 1 N–H and O–H groups in total. The van der Waals surface area contributed by atoms with Gasteiger partial charge in [0, 0.05) is 12.4 Å². The summed E-state index contributed by atoms with van der Waals surface area (Å²) in [5, 5.41) is 11.0. The highest BCUT2D eigenvalue weighted by molar-refractivity contribution is 5.70. The maximum Gasteiger partial charge on any atom is 0.320 e. The zero-order valence-electron chi connectivity index (χ0n) is 18.1. The number of hydrogen-bond acceptors (Lipinski definition) is 7. The maximum absolute atomic E-state index is 8.36. The van der Waals surface area contributed by atoms with Gasteiger partial charge < -0.3 is 14.6 Å². The average Bonchev–Trinajstić information content (AvgIpc) is 3.36. The van der Waals surface area contributed by atoms with Gasteiger partial charge in [0.1, 0.15) is 19.5 Å². The Balaban J connectivity index is 0.000000868. The molecule has 170 valence electrons. The van der Waals surface area contributed by atoms with Gasteiger partial charge in [0.25, 0.3) is 6.47 Å². The van der Waals surface area contributed by atoms with E-state index in [1.165, 1.54) is 6.33 Å². The Hall–Kier alpha value is -4.79. The number of carboxylic acid groups (broad SMARTS) is 1. The van der Waals surface area contributed by atoms with E-state index in [9.17, 15) is 0 Å². The highest BCUT2D eigenvalue weighted by Gasteiger charge is 2.13. The third-order valence-corrected chi connectivity index (χ3v) is 4.75. The van der Waals surface area contributed by atoms with Gasteiger partial charge in [0.15, 0.2) is 5.65 Å². The SMILES string of the molecule is O=CO.c1ccc(COc2ncc(-c3ccn4ncnc4c3)c(OCc3ccccc3)n2)cc1. The molecule has 0 spiro atoms. The van der Waals surface area contributed by atoms with Crippen LogP contribution in [0.1, 0.15) is 11.1 Å². The first kappa shape index (κ1) is 22.4. The van der Waals surface area contributed by atoms with Crippen molar-refractivity contribution in [1.29, 1.82) is 0 Å². The lowest BCUT2D eigenvalue weighted by Crippen LogP contribution is -2.04. The number of hydrogen-bond donors (Lipinski definition) is 1. The van der Waals surface area contributed by atoms with Gasteiger partial charge in [-0.05, 0) is 28.8 Å². The molecule has 3 heterocycles. The molecule has 5 aromatic rings. The minimum absolute atomic E-state index is 0.250. The van der Waals surface area contributed by atoms with Crippen molar-refractivity contribution >= 4 is 12.1 Å². The van der Waals surface area contributed by atoms with E-state index in [0.717, 1.165) is 27.9 Å². The predicted molar refractivity (Wildman–Crippen MR) is 124 cm³/mol. The summed E-state index contributed by atoms with van der Waals surface area (Å²) in [6.07, 6.45) is 5.08. The van der Waals surface area contributed by atoms with Crippen molar-refractivity contribution in [3.05, 3.63) is 103 Å². The molecule has 5 rings (SSSR count). The van der Waals surface area contributed by atoms with Crippen LogP contribution in [0.25, 0.3) is 16.8 Å². The third kappa shape index (κ3) is 5.71. The van der Waals surface area contributed by atoms with Crippen LogP contribution < -0.4 is 9.47 Å². The van der Waals surface area contributed by atoms with Gasteiger partial charge in [-0.25, -0.2) is 14.5 Å². The van der Waals surface area contributed by atoms with Crippen LogP contribution in [-0.4, -0.2) is 36.1 Å². The van der Waals surface area contributed by atoms with E-state index >= 15 is 0 Å². The Morgan fingerprint density at radius 3 is 2.21 bits per heavy atom. The summed E-state index contributed by atoms with van der Waals surface area (Å²) in [6.45, 7) is 0.514. The van der Waals surface area contributed by atoms with Crippen LogP contribution in [0.15, 0.2) is 91.5 Å². The quantitative estimate of drug-likeness (QED) is 0.366. The third-order valence-electron chi connectivity index (χ3n) is 4.75. The van der Waals surface area contributed by atoms with Crippen molar-refractivity contribution in [3.8, 4) is 23.0 Å². The largest absolute Gasteiger partial charge is 0.483 e. The van der Waals surface area contributed by atoms with Crippen molar-refractivity contribution in [3.63, 3.8) is 0 Å². The van der Waals surface area contributed by atoms with Crippen molar-refractivity contribution in [1.82, 2.24) is 24.6 Å². The molecule has 0 saturated heterocycles. The highest BCUT2D eigenvalue weighted by atomic mass is 16.5. The molecule has 0 aliphatic rings. The molecule has 0 aliphatic carbocycles. The number of pyridine rings is 1. The van der Waals surface area contributed by atoms with Gasteiger partial charge in [-0.2, -0.15) is 10.1 Å². The van der Waals surface area contributed by atoms with Crippen LogP contribution in [-0.2, 0) is 18.0 Å². The van der Waals surface area contributed by atoms with E-state index in [4.69, 9.17) is 19.4 Å². The molecule has 0 saturated carbocycles. The van der Waals surface area contributed by atoms with Gasteiger partial charge in [-0.1, -0.05) is 60.7 Å². The van der Waals surface area contributed by atoms with Crippen molar-refractivity contribution in [2.75, 3.05) is 0 Å². The highest BCUT2D eigenvalue weighted by Crippen LogP contribution is 2.30. The molecule has 2 aromatic carbocycles. The van der Waals surface area contributed by atoms with Crippen LogP contribution in [0.2, 0.25) is 0 Å². The van der Waals surface area contributed by atoms with Crippen molar-refractivity contribution < 1.29 is 19.4 Å². The fourth-order valence-electron chi connectivity index (χ4n) is 3.16. The molecule has 0 bridgehead atoms. The lowest BCUT2D eigenvalue weighted by Gasteiger charge is -2.12. The topological polar surface area (TPSA) is 112 Å². The zero-order valence-corrected chi connectivity index (χ0v) is 18.1. The van der Waals surface area contributed by atoms with E-state index in [0.29, 0.717) is 19.1 Å². The molecule has 34 heavy (non-hydrogen) atoms. The summed E-state index contributed by atoms with van der Waals surface area (Å²) in [7, 11) is 0. The van der Waals surface area contributed by atoms with E-state index in [1.54, 1.807) is 10.7 Å². The molecule has 0 atom stereocenters. The van der Waals surface area contributed by atoms with Gasteiger partial charge in [-0.15, -0.1) is 0 Å². The van der Waals surface area contributed by atoms with Crippen LogP contribution in [0.4, 0.5) is 0 Å². The van der Waals surface area contributed by atoms with Crippen LogP contribution in [0.5, 0.6) is 11.9 Å². The Kier molecular flexibility index (Phi) is 7.37. The normalized spacial score (nSPS) is 10.2. The summed E-state index contributed by atoms with van der Waals surface area (Å²) in [4.78, 5) is 21.6.